The van der Waals surface area contributed by atoms with E-state index < -0.39 is 0 Å². The van der Waals surface area contributed by atoms with E-state index in [4.69, 9.17) is 5.73 Å². The van der Waals surface area contributed by atoms with E-state index in [-0.39, 0.29) is 6.04 Å². The molecular formula is C11H15N3S2. The largest absolute Gasteiger partial charge is 0.319 e. The number of nitrogens with zero attached hydrogens (tertiary/aromatic N) is 2. The molecule has 0 amide bonds. The molecule has 0 saturated carbocycles. The highest BCUT2D eigenvalue weighted by Gasteiger charge is 2.19. The third-order valence-electron chi connectivity index (χ3n) is 2.48. The number of thiophene rings is 1. The molecule has 5 heteroatoms. The zero-order valence-electron chi connectivity index (χ0n) is 9.60. The predicted octanol–water partition coefficient (Wildman–Crippen LogP) is 3.08. The summed E-state index contributed by atoms with van der Waals surface area (Å²) in [5.41, 5.74) is 8.44. The average molecular weight is 253 g/mol. The Kier molecular flexibility index (Phi) is 3.37. The molecule has 3 nitrogen and oxygen atoms in total. The Hall–Kier alpha value is -0.780. The Morgan fingerprint density at radius 2 is 2.12 bits per heavy atom. The Bertz CT molecular complexity index is 473. The van der Waals surface area contributed by atoms with E-state index in [0.717, 1.165) is 16.1 Å². The van der Waals surface area contributed by atoms with E-state index >= 15 is 0 Å². The predicted molar refractivity (Wildman–Crippen MR) is 69.1 cm³/mol. The van der Waals surface area contributed by atoms with Crippen LogP contribution in [0.1, 0.15) is 46.8 Å². The molecule has 16 heavy (non-hydrogen) atoms. The van der Waals surface area contributed by atoms with Crippen molar-refractivity contribution in [3.63, 3.8) is 0 Å². The summed E-state index contributed by atoms with van der Waals surface area (Å²) in [6, 6.07) is 2.06. The van der Waals surface area contributed by atoms with E-state index in [0.29, 0.717) is 5.92 Å². The molecule has 1 atom stereocenters. The maximum atomic E-state index is 6.25. The van der Waals surface area contributed by atoms with E-state index in [1.807, 2.05) is 0 Å². The van der Waals surface area contributed by atoms with Crippen LogP contribution in [-0.2, 0) is 0 Å². The Labute approximate surface area is 103 Å². The van der Waals surface area contributed by atoms with Crippen molar-refractivity contribution in [2.75, 3.05) is 0 Å². The molecule has 0 fully saturated rings. The van der Waals surface area contributed by atoms with Gasteiger partial charge < -0.3 is 5.73 Å². The van der Waals surface area contributed by atoms with Gasteiger partial charge in [-0.3, -0.25) is 0 Å². The maximum Gasteiger partial charge on any atom is 0.0832 e. The van der Waals surface area contributed by atoms with Crippen LogP contribution in [0.2, 0.25) is 0 Å². The van der Waals surface area contributed by atoms with E-state index in [1.54, 1.807) is 11.3 Å². The molecule has 86 valence electrons. The van der Waals surface area contributed by atoms with Gasteiger partial charge in [-0.25, -0.2) is 0 Å². The lowest BCUT2D eigenvalue weighted by Gasteiger charge is -2.10. The second-order valence-corrected chi connectivity index (χ2v) is 6.05. The van der Waals surface area contributed by atoms with E-state index in [1.165, 1.54) is 16.4 Å². The van der Waals surface area contributed by atoms with Crippen molar-refractivity contribution in [2.24, 2.45) is 5.73 Å². The minimum atomic E-state index is -0.0812. The molecule has 1 unspecified atom stereocenters. The van der Waals surface area contributed by atoms with Crippen LogP contribution in [0.3, 0.4) is 0 Å². The lowest BCUT2D eigenvalue weighted by molar-refractivity contribution is 0.771. The third kappa shape index (κ3) is 2.16. The highest BCUT2D eigenvalue weighted by Crippen LogP contribution is 2.30. The average Bonchev–Trinajstić information content (AvgIpc) is 2.84. The van der Waals surface area contributed by atoms with Crippen molar-refractivity contribution < 1.29 is 0 Å². The monoisotopic (exact) mass is 253 g/mol. The van der Waals surface area contributed by atoms with Crippen molar-refractivity contribution in [2.45, 2.75) is 32.7 Å². The van der Waals surface area contributed by atoms with Gasteiger partial charge >= 0.3 is 0 Å². The van der Waals surface area contributed by atoms with Gasteiger partial charge in [0.25, 0.3) is 0 Å². The summed E-state index contributed by atoms with van der Waals surface area (Å²) in [7, 11) is 0. The second-order valence-electron chi connectivity index (χ2n) is 4.15. The number of hydrogen-bond donors (Lipinski definition) is 1. The zero-order valence-corrected chi connectivity index (χ0v) is 11.2. The van der Waals surface area contributed by atoms with Crippen LogP contribution in [0.15, 0.2) is 11.4 Å². The Morgan fingerprint density at radius 3 is 2.69 bits per heavy atom. The lowest BCUT2D eigenvalue weighted by atomic mass is 10.0. The van der Waals surface area contributed by atoms with Crippen molar-refractivity contribution in [1.29, 1.82) is 0 Å². The molecule has 0 aliphatic carbocycles. The van der Waals surface area contributed by atoms with Crippen LogP contribution in [0.5, 0.6) is 0 Å². The fourth-order valence-electron chi connectivity index (χ4n) is 1.60. The smallest absolute Gasteiger partial charge is 0.0832 e. The van der Waals surface area contributed by atoms with Crippen LogP contribution in [0.25, 0.3) is 0 Å². The summed E-state index contributed by atoms with van der Waals surface area (Å²) in [5.74, 6) is 0.375. The highest BCUT2D eigenvalue weighted by atomic mass is 32.1. The summed E-state index contributed by atoms with van der Waals surface area (Å²) in [6.45, 7) is 6.33. The summed E-state index contributed by atoms with van der Waals surface area (Å²) < 4.78 is 4.01. The lowest BCUT2D eigenvalue weighted by Crippen LogP contribution is -2.12. The van der Waals surface area contributed by atoms with Gasteiger partial charge in [0.1, 0.15) is 0 Å². The number of nitrogens with two attached hydrogens (primary N) is 1. The molecule has 0 saturated heterocycles. The topological polar surface area (TPSA) is 51.8 Å². The summed E-state index contributed by atoms with van der Waals surface area (Å²) in [4.78, 5) is 2.38. The highest BCUT2D eigenvalue weighted by molar-refractivity contribution is 7.10. The Morgan fingerprint density at radius 1 is 1.38 bits per heavy atom. The van der Waals surface area contributed by atoms with Gasteiger partial charge in [0.05, 0.1) is 16.6 Å². The summed E-state index contributed by atoms with van der Waals surface area (Å²) >= 11 is 3.14. The van der Waals surface area contributed by atoms with Crippen LogP contribution in [0.4, 0.5) is 0 Å². The van der Waals surface area contributed by atoms with Crippen LogP contribution >= 0.6 is 22.9 Å². The number of aryl methyl sites for hydroxylation is 1. The first kappa shape index (κ1) is 11.7. The first-order chi connectivity index (χ1) is 7.59. The molecule has 0 spiro atoms. The van der Waals surface area contributed by atoms with Gasteiger partial charge in [-0.05, 0) is 41.4 Å². The first-order valence-electron chi connectivity index (χ1n) is 5.22. The summed E-state index contributed by atoms with van der Waals surface area (Å²) in [5, 5.41) is 6.28. The molecular weight excluding hydrogens is 238 g/mol. The van der Waals surface area contributed by atoms with Gasteiger partial charge in [0.2, 0.25) is 0 Å². The van der Waals surface area contributed by atoms with E-state index in [2.05, 4.69) is 41.8 Å². The van der Waals surface area contributed by atoms with Crippen LogP contribution < -0.4 is 5.73 Å². The van der Waals surface area contributed by atoms with Gasteiger partial charge in [0, 0.05) is 4.88 Å². The van der Waals surface area contributed by atoms with Crippen molar-refractivity contribution in [3.8, 4) is 0 Å². The number of aromatic nitrogens is 2. The van der Waals surface area contributed by atoms with Gasteiger partial charge in [0.15, 0.2) is 0 Å². The van der Waals surface area contributed by atoms with Crippen molar-refractivity contribution in [3.05, 3.63) is 32.5 Å². The molecule has 2 aromatic heterocycles. The fraction of sp³-hybridized carbons (Fsp3) is 0.455. The SMILES string of the molecule is Cc1cc(C(N)c2snnc2C(C)C)cs1. The molecule has 0 aliphatic rings. The van der Waals surface area contributed by atoms with Crippen LogP contribution in [-0.4, -0.2) is 9.59 Å². The summed E-state index contributed by atoms with van der Waals surface area (Å²) in [6.07, 6.45) is 0. The van der Waals surface area contributed by atoms with Crippen molar-refractivity contribution >= 4 is 22.9 Å². The molecule has 2 heterocycles. The first-order valence-corrected chi connectivity index (χ1v) is 6.87. The molecule has 0 aliphatic heterocycles. The molecule has 0 radical (unpaired) electrons. The van der Waals surface area contributed by atoms with Gasteiger partial charge in [-0.1, -0.05) is 18.3 Å². The molecule has 0 bridgehead atoms. The standard InChI is InChI=1S/C11H15N3S2/c1-6(2)10-11(16-14-13-10)9(12)8-4-7(3)15-5-8/h4-6,9H,12H2,1-3H3. The molecule has 2 rings (SSSR count). The second kappa shape index (κ2) is 4.61. The molecule has 2 aromatic rings. The quantitative estimate of drug-likeness (QED) is 0.914. The van der Waals surface area contributed by atoms with Crippen molar-refractivity contribution in [1.82, 2.24) is 9.59 Å². The van der Waals surface area contributed by atoms with Gasteiger partial charge in [-0.15, -0.1) is 16.4 Å². The normalized spacial score (nSPS) is 13.3. The van der Waals surface area contributed by atoms with Crippen LogP contribution in [0, 0.1) is 6.92 Å². The molecule has 0 aromatic carbocycles. The minimum Gasteiger partial charge on any atom is -0.319 e. The minimum absolute atomic E-state index is 0.0812. The third-order valence-corrected chi connectivity index (χ3v) is 4.18. The van der Waals surface area contributed by atoms with Gasteiger partial charge in [-0.2, -0.15) is 0 Å². The van der Waals surface area contributed by atoms with E-state index in [9.17, 15) is 0 Å². The molecule has 2 N–H and O–H groups in total. The maximum absolute atomic E-state index is 6.25. The number of rotatable bonds is 3. The zero-order chi connectivity index (χ0) is 11.7. The Balaban J connectivity index is 2.33. The number of hydrogen-bond acceptors (Lipinski definition) is 5. The fourth-order valence-corrected chi connectivity index (χ4v) is 3.18.